The molecular weight excluding hydrogens is 258 g/mol. The van der Waals surface area contributed by atoms with E-state index in [1.54, 1.807) is 0 Å². The molecule has 1 N–H and O–H groups in total. The van der Waals surface area contributed by atoms with Crippen molar-refractivity contribution in [3.63, 3.8) is 0 Å². The molecule has 1 aliphatic heterocycles. The molecule has 3 rings (SSSR count). The minimum absolute atomic E-state index is 0.185. The lowest BCUT2D eigenvalue weighted by molar-refractivity contribution is 0.0702. The first-order chi connectivity index (χ1) is 8.66. The average Bonchev–Trinajstić information content (AvgIpc) is 2.66. The number of hydrogen-bond donors (Lipinski definition) is 1. The van der Waals surface area contributed by atoms with Gasteiger partial charge in [-0.15, -0.1) is 0 Å². The van der Waals surface area contributed by atoms with Crippen LogP contribution in [0.25, 0.3) is 11.0 Å². The standard InChI is InChI=1S/C12H12F2N2OS/c13-8-5-10-11(6-9(8)14)16(12(18)15-10)7-1-3-17-4-2-7/h5-7H,1-4H2,(H,15,18). The Labute approximate surface area is 107 Å². The molecule has 0 spiro atoms. The van der Waals surface area contributed by atoms with E-state index in [1.165, 1.54) is 6.07 Å². The van der Waals surface area contributed by atoms with Gasteiger partial charge in [-0.25, -0.2) is 8.78 Å². The zero-order valence-corrected chi connectivity index (χ0v) is 10.4. The molecule has 1 saturated heterocycles. The summed E-state index contributed by atoms with van der Waals surface area (Å²) in [5.74, 6) is -1.71. The molecule has 0 bridgehead atoms. The molecular formula is C12H12F2N2OS. The van der Waals surface area contributed by atoms with E-state index in [0.29, 0.717) is 29.0 Å². The van der Waals surface area contributed by atoms with Crippen molar-refractivity contribution in [2.45, 2.75) is 18.9 Å². The minimum Gasteiger partial charge on any atom is -0.381 e. The summed E-state index contributed by atoms with van der Waals surface area (Å²) in [4.78, 5) is 2.92. The van der Waals surface area contributed by atoms with Gasteiger partial charge >= 0.3 is 0 Å². The van der Waals surface area contributed by atoms with Gasteiger partial charge < -0.3 is 14.3 Å². The highest BCUT2D eigenvalue weighted by Crippen LogP contribution is 2.27. The van der Waals surface area contributed by atoms with Gasteiger partial charge in [0.05, 0.1) is 11.0 Å². The number of nitrogens with zero attached hydrogens (tertiary/aromatic N) is 1. The van der Waals surface area contributed by atoms with Crippen LogP contribution in [0.15, 0.2) is 12.1 Å². The highest BCUT2D eigenvalue weighted by molar-refractivity contribution is 7.71. The number of halogens is 2. The zero-order chi connectivity index (χ0) is 12.7. The van der Waals surface area contributed by atoms with Crippen molar-refractivity contribution in [1.82, 2.24) is 9.55 Å². The van der Waals surface area contributed by atoms with Crippen LogP contribution in [0.1, 0.15) is 18.9 Å². The first-order valence-electron chi connectivity index (χ1n) is 5.84. The van der Waals surface area contributed by atoms with Gasteiger partial charge in [-0.1, -0.05) is 0 Å². The topological polar surface area (TPSA) is 29.9 Å². The van der Waals surface area contributed by atoms with Crippen LogP contribution in [0.4, 0.5) is 8.78 Å². The maximum absolute atomic E-state index is 13.3. The normalized spacial score (nSPS) is 17.4. The second-order valence-corrected chi connectivity index (χ2v) is 4.81. The predicted octanol–water partition coefficient (Wildman–Crippen LogP) is 3.33. The smallest absolute Gasteiger partial charge is 0.178 e. The molecule has 96 valence electrons. The molecule has 6 heteroatoms. The highest BCUT2D eigenvalue weighted by atomic mass is 32.1. The number of imidazole rings is 1. The second kappa shape index (κ2) is 4.44. The lowest BCUT2D eigenvalue weighted by atomic mass is 10.1. The molecule has 1 fully saturated rings. The van der Waals surface area contributed by atoms with Crippen molar-refractivity contribution in [3.05, 3.63) is 28.5 Å². The fourth-order valence-electron chi connectivity index (χ4n) is 2.43. The van der Waals surface area contributed by atoms with E-state index in [4.69, 9.17) is 17.0 Å². The van der Waals surface area contributed by atoms with E-state index in [1.807, 2.05) is 4.57 Å². The Hall–Kier alpha value is -1.27. The number of nitrogens with one attached hydrogen (secondary N) is 1. The van der Waals surface area contributed by atoms with Gasteiger partial charge in [0.25, 0.3) is 0 Å². The largest absolute Gasteiger partial charge is 0.381 e. The average molecular weight is 270 g/mol. The summed E-state index contributed by atoms with van der Waals surface area (Å²) in [6, 6.07) is 2.53. The van der Waals surface area contributed by atoms with Crippen molar-refractivity contribution >= 4 is 23.3 Å². The Bertz CT molecular complexity index is 643. The van der Waals surface area contributed by atoms with Gasteiger partial charge in [0.1, 0.15) is 0 Å². The van der Waals surface area contributed by atoms with Crippen LogP contribution in [0.3, 0.4) is 0 Å². The predicted molar refractivity (Wildman–Crippen MR) is 66.1 cm³/mol. The van der Waals surface area contributed by atoms with E-state index in [-0.39, 0.29) is 6.04 Å². The molecule has 1 aromatic carbocycles. The van der Waals surface area contributed by atoms with Crippen LogP contribution in [0.2, 0.25) is 0 Å². The molecule has 0 unspecified atom stereocenters. The highest BCUT2D eigenvalue weighted by Gasteiger charge is 2.20. The maximum atomic E-state index is 13.3. The molecule has 0 amide bonds. The molecule has 1 aromatic heterocycles. The first kappa shape index (κ1) is 11.8. The quantitative estimate of drug-likeness (QED) is 0.806. The Morgan fingerprint density at radius 1 is 1.22 bits per heavy atom. The number of aromatic amines is 1. The number of benzene rings is 1. The first-order valence-corrected chi connectivity index (χ1v) is 6.24. The SMILES string of the molecule is Fc1cc2[nH]c(=S)n(C3CCOCC3)c2cc1F. The summed E-state index contributed by atoms with van der Waals surface area (Å²) < 4.78 is 34.2. The second-order valence-electron chi connectivity index (χ2n) is 4.43. The zero-order valence-electron chi connectivity index (χ0n) is 9.58. The molecule has 0 atom stereocenters. The summed E-state index contributed by atoms with van der Waals surface area (Å²) in [6.07, 6.45) is 1.67. The fourth-order valence-corrected chi connectivity index (χ4v) is 2.78. The van der Waals surface area contributed by atoms with Gasteiger partial charge in [0.2, 0.25) is 0 Å². The summed E-state index contributed by atoms with van der Waals surface area (Å²) in [5, 5.41) is 0. The third-order valence-corrected chi connectivity index (χ3v) is 3.61. The van der Waals surface area contributed by atoms with E-state index < -0.39 is 11.6 Å². The lowest BCUT2D eigenvalue weighted by Crippen LogP contribution is -2.19. The van der Waals surface area contributed by atoms with Gasteiger partial charge in [-0.3, -0.25) is 0 Å². The summed E-state index contributed by atoms with van der Waals surface area (Å²) in [6.45, 7) is 1.34. The van der Waals surface area contributed by atoms with E-state index >= 15 is 0 Å². The third kappa shape index (κ3) is 1.85. The molecule has 3 nitrogen and oxygen atoms in total. The Kier molecular flexibility index (Phi) is 2.91. The van der Waals surface area contributed by atoms with Crippen LogP contribution >= 0.6 is 12.2 Å². The van der Waals surface area contributed by atoms with Crippen LogP contribution in [0.5, 0.6) is 0 Å². The summed E-state index contributed by atoms with van der Waals surface area (Å²) in [7, 11) is 0. The van der Waals surface area contributed by atoms with Crippen molar-refractivity contribution < 1.29 is 13.5 Å². The summed E-state index contributed by atoms with van der Waals surface area (Å²) in [5.41, 5.74) is 1.15. The van der Waals surface area contributed by atoms with E-state index in [9.17, 15) is 8.78 Å². The van der Waals surface area contributed by atoms with Crippen LogP contribution in [0, 0.1) is 16.4 Å². The van der Waals surface area contributed by atoms with Gasteiger partial charge in [-0.2, -0.15) is 0 Å². The number of H-pyrrole nitrogens is 1. The molecule has 0 saturated carbocycles. The summed E-state index contributed by atoms with van der Waals surface area (Å²) >= 11 is 5.24. The van der Waals surface area contributed by atoms with Crippen molar-refractivity contribution in [3.8, 4) is 0 Å². The Morgan fingerprint density at radius 3 is 2.61 bits per heavy atom. The minimum atomic E-state index is -0.863. The van der Waals surface area contributed by atoms with Crippen LogP contribution < -0.4 is 0 Å². The molecule has 2 aromatic rings. The number of rotatable bonds is 1. The van der Waals surface area contributed by atoms with E-state index in [0.717, 1.165) is 18.9 Å². The molecule has 0 aliphatic carbocycles. The van der Waals surface area contributed by atoms with Gasteiger partial charge in [0, 0.05) is 31.4 Å². The monoisotopic (exact) mass is 270 g/mol. The van der Waals surface area contributed by atoms with Gasteiger partial charge in [0.15, 0.2) is 16.4 Å². The number of hydrogen-bond acceptors (Lipinski definition) is 2. The Morgan fingerprint density at radius 2 is 1.89 bits per heavy atom. The van der Waals surface area contributed by atoms with Gasteiger partial charge in [-0.05, 0) is 25.1 Å². The molecule has 18 heavy (non-hydrogen) atoms. The van der Waals surface area contributed by atoms with Crippen LogP contribution in [-0.4, -0.2) is 22.8 Å². The molecule has 0 radical (unpaired) electrons. The van der Waals surface area contributed by atoms with Crippen molar-refractivity contribution in [2.24, 2.45) is 0 Å². The number of fused-ring (bicyclic) bond motifs is 1. The Balaban J connectivity index is 2.18. The maximum Gasteiger partial charge on any atom is 0.178 e. The van der Waals surface area contributed by atoms with Crippen molar-refractivity contribution in [1.29, 1.82) is 0 Å². The molecule has 2 heterocycles. The third-order valence-electron chi connectivity index (χ3n) is 3.31. The fraction of sp³-hybridized carbons (Fsp3) is 0.417. The van der Waals surface area contributed by atoms with Crippen molar-refractivity contribution in [2.75, 3.05) is 13.2 Å². The molecule has 1 aliphatic rings. The van der Waals surface area contributed by atoms with Crippen LogP contribution in [-0.2, 0) is 4.74 Å². The number of aromatic nitrogens is 2. The van der Waals surface area contributed by atoms with E-state index in [2.05, 4.69) is 4.98 Å². The number of ether oxygens (including phenoxy) is 1. The lowest BCUT2D eigenvalue weighted by Gasteiger charge is -2.24.